The summed E-state index contributed by atoms with van der Waals surface area (Å²) in [6.45, 7) is 2.19. The van der Waals surface area contributed by atoms with Gasteiger partial charge in [0.25, 0.3) is 0 Å². The van der Waals surface area contributed by atoms with Crippen molar-refractivity contribution >= 4 is 5.91 Å². The van der Waals surface area contributed by atoms with Crippen LogP contribution < -0.4 is 10.6 Å². The quantitative estimate of drug-likeness (QED) is 0.907. The lowest BCUT2D eigenvalue weighted by molar-refractivity contribution is -0.134. The summed E-state index contributed by atoms with van der Waals surface area (Å²) in [4.78, 5) is 17.3. The van der Waals surface area contributed by atoms with Crippen molar-refractivity contribution in [3.05, 3.63) is 42.3 Å². The lowest BCUT2D eigenvalue weighted by Gasteiger charge is -2.37. The number of hydrogen-bond acceptors (Lipinski definition) is 4. The molecule has 0 bridgehead atoms. The van der Waals surface area contributed by atoms with Crippen molar-refractivity contribution in [1.29, 1.82) is 0 Å². The van der Waals surface area contributed by atoms with E-state index in [1.807, 2.05) is 30.3 Å². The number of carbonyl (C=O) groups excluding carboxylic acids is 1. The van der Waals surface area contributed by atoms with E-state index in [4.69, 9.17) is 4.42 Å². The first-order chi connectivity index (χ1) is 11.8. The fourth-order valence-electron chi connectivity index (χ4n) is 4.14. The number of nitrogens with one attached hydrogen (secondary N) is 2. The second-order valence-electron chi connectivity index (χ2n) is 6.92. The Labute approximate surface area is 141 Å². The molecule has 126 valence electrons. The predicted octanol–water partition coefficient (Wildman–Crippen LogP) is 2.74. The van der Waals surface area contributed by atoms with Crippen molar-refractivity contribution in [2.24, 2.45) is 11.3 Å². The van der Waals surface area contributed by atoms with Gasteiger partial charge in [0.1, 0.15) is 6.26 Å². The SMILES string of the molecule is O=C(NCc1coc(-c2ccccc2)n1)[C@@]12CCCC[C@H]1CNC2. The molecule has 2 fully saturated rings. The van der Waals surface area contributed by atoms with E-state index < -0.39 is 0 Å². The highest BCUT2D eigenvalue weighted by atomic mass is 16.3. The molecule has 1 saturated heterocycles. The van der Waals surface area contributed by atoms with Crippen LogP contribution in [-0.4, -0.2) is 24.0 Å². The molecule has 1 amide bonds. The van der Waals surface area contributed by atoms with Gasteiger partial charge in [0.15, 0.2) is 0 Å². The number of amides is 1. The summed E-state index contributed by atoms with van der Waals surface area (Å²) in [5.74, 6) is 1.24. The highest BCUT2D eigenvalue weighted by Gasteiger charge is 2.49. The zero-order valence-corrected chi connectivity index (χ0v) is 13.8. The molecule has 1 aromatic heterocycles. The highest BCUT2D eigenvalue weighted by Crippen LogP contribution is 2.43. The van der Waals surface area contributed by atoms with E-state index in [2.05, 4.69) is 15.6 Å². The molecule has 1 aliphatic heterocycles. The van der Waals surface area contributed by atoms with Gasteiger partial charge in [0, 0.05) is 12.1 Å². The lowest BCUT2D eigenvalue weighted by atomic mass is 9.67. The number of benzene rings is 1. The maximum absolute atomic E-state index is 12.8. The van der Waals surface area contributed by atoms with Crippen LogP contribution in [0.4, 0.5) is 0 Å². The fraction of sp³-hybridized carbons (Fsp3) is 0.474. The van der Waals surface area contributed by atoms with Crippen LogP contribution in [0.25, 0.3) is 11.5 Å². The van der Waals surface area contributed by atoms with Gasteiger partial charge in [-0.1, -0.05) is 31.0 Å². The minimum absolute atomic E-state index is 0.168. The van der Waals surface area contributed by atoms with Crippen molar-refractivity contribution in [2.45, 2.75) is 32.2 Å². The monoisotopic (exact) mass is 325 g/mol. The van der Waals surface area contributed by atoms with Crippen molar-refractivity contribution < 1.29 is 9.21 Å². The van der Waals surface area contributed by atoms with Gasteiger partial charge in [-0.2, -0.15) is 0 Å². The van der Waals surface area contributed by atoms with Crippen molar-refractivity contribution in [2.75, 3.05) is 13.1 Å². The van der Waals surface area contributed by atoms with Crippen LogP contribution in [0.2, 0.25) is 0 Å². The summed E-state index contributed by atoms with van der Waals surface area (Å²) < 4.78 is 5.54. The zero-order valence-electron chi connectivity index (χ0n) is 13.8. The normalized spacial score (nSPS) is 26.1. The average molecular weight is 325 g/mol. The van der Waals surface area contributed by atoms with Crippen LogP contribution in [0.5, 0.6) is 0 Å². The molecule has 0 unspecified atom stereocenters. The second-order valence-corrected chi connectivity index (χ2v) is 6.92. The smallest absolute Gasteiger partial charge is 0.228 e. The molecule has 1 aliphatic carbocycles. The van der Waals surface area contributed by atoms with Crippen molar-refractivity contribution in [3.8, 4) is 11.5 Å². The topological polar surface area (TPSA) is 67.2 Å². The third-order valence-corrected chi connectivity index (χ3v) is 5.49. The lowest BCUT2D eigenvalue weighted by Crippen LogP contribution is -2.47. The molecule has 1 saturated carbocycles. The van der Waals surface area contributed by atoms with Gasteiger partial charge in [-0.25, -0.2) is 4.98 Å². The molecule has 1 aromatic carbocycles. The molecule has 2 aliphatic rings. The molecule has 2 atom stereocenters. The molecule has 2 heterocycles. The summed E-state index contributed by atoms with van der Waals surface area (Å²) in [6, 6.07) is 9.80. The molecule has 0 radical (unpaired) electrons. The third-order valence-electron chi connectivity index (χ3n) is 5.49. The second kappa shape index (κ2) is 6.40. The number of nitrogens with zero attached hydrogens (tertiary/aromatic N) is 1. The van der Waals surface area contributed by atoms with Crippen molar-refractivity contribution in [3.63, 3.8) is 0 Å². The Kier molecular flexibility index (Phi) is 4.10. The Morgan fingerprint density at radius 1 is 1.33 bits per heavy atom. The summed E-state index contributed by atoms with van der Waals surface area (Å²) in [6.07, 6.45) is 6.16. The van der Waals surface area contributed by atoms with Crippen LogP contribution in [0.1, 0.15) is 31.4 Å². The maximum atomic E-state index is 12.8. The largest absolute Gasteiger partial charge is 0.444 e. The Balaban J connectivity index is 1.42. The Morgan fingerprint density at radius 2 is 2.21 bits per heavy atom. The molecule has 4 rings (SSSR count). The van der Waals surface area contributed by atoms with E-state index in [0.717, 1.165) is 43.6 Å². The molecular formula is C19H23N3O2. The molecule has 2 N–H and O–H groups in total. The minimum atomic E-state index is -0.218. The van der Waals surface area contributed by atoms with E-state index >= 15 is 0 Å². The van der Waals surface area contributed by atoms with E-state index in [-0.39, 0.29) is 11.3 Å². The minimum Gasteiger partial charge on any atom is -0.444 e. The third kappa shape index (κ3) is 2.73. The zero-order chi connectivity index (χ0) is 16.4. The van der Waals surface area contributed by atoms with Gasteiger partial charge >= 0.3 is 0 Å². The number of carbonyl (C=O) groups is 1. The maximum Gasteiger partial charge on any atom is 0.228 e. The molecular weight excluding hydrogens is 302 g/mol. The van der Waals surface area contributed by atoms with E-state index in [0.29, 0.717) is 18.4 Å². The Hall–Kier alpha value is -2.14. The van der Waals surface area contributed by atoms with Crippen LogP contribution in [-0.2, 0) is 11.3 Å². The first-order valence-corrected chi connectivity index (χ1v) is 8.77. The number of rotatable bonds is 4. The Morgan fingerprint density at radius 3 is 3.08 bits per heavy atom. The summed E-state index contributed by atoms with van der Waals surface area (Å²) in [7, 11) is 0. The standard InChI is InChI=1S/C19H23N3O2/c23-18(19-9-5-4-8-15(19)10-20-13-19)21-11-16-12-24-17(22-16)14-6-2-1-3-7-14/h1-3,6-7,12,15,20H,4-5,8-11,13H2,(H,21,23)/t15-,19+/m0/s1. The number of oxazole rings is 1. The number of hydrogen-bond donors (Lipinski definition) is 2. The van der Waals surface area contributed by atoms with E-state index in [1.165, 1.54) is 6.42 Å². The first-order valence-electron chi connectivity index (χ1n) is 8.77. The van der Waals surface area contributed by atoms with E-state index in [9.17, 15) is 4.79 Å². The fourth-order valence-corrected chi connectivity index (χ4v) is 4.14. The predicted molar refractivity (Wildman–Crippen MR) is 91.0 cm³/mol. The van der Waals surface area contributed by atoms with Gasteiger partial charge in [-0.05, 0) is 37.4 Å². The summed E-state index contributed by atoms with van der Waals surface area (Å²) in [5, 5.41) is 6.51. The highest BCUT2D eigenvalue weighted by molar-refractivity contribution is 5.83. The molecule has 24 heavy (non-hydrogen) atoms. The van der Waals surface area contributed by atoms with Gasteiger partial charge in [-0.15, -0.1) is 0 Å². The van der Waals surface area contributed by atoms with Gasteiger partial charge in [0.2, 0.25) is 11.8 Å². The summed E-state index contributed by atoms with van der Waals surface area (Å²) >= 11 is 0. The average Bonchev–Trinajstić information content (AvgIpc) is 3.28. The molecule has 0 spiro atoms. The molecule has 5 nitrogen and oxygen atoms in total. The summed E-state index contributed by atoms with van der Waals surface area (Å²) in [5.41, 5.74) is 1.49. The van der Waals surface area contributed by atoms with Crippen LogP contribution in [0, 0.1) is 11.3 Å². The van der Waals surface area contributed by atoms with Crippen molar-refractivity contribution in [1.82, 2.24) is 15.6 Å². The van der Waals surface area contributed by atoms with Crippen LogP contribution in [0.3, 0.4) is 0 Å². The first kappa shape index (κ1) is 15.4. The van der Waals surface area contributed by atoms with Gasteiger partial charge in [-0.3, -0.25) is 4.79 Å². The van der Waals surface area contributed by atoms with Crippen LogP contribution in [0.15, 0.2) is 41.0 Å². The molecule has 2 aromatic rings. The van der Waals surface area contributed by atoms with Crippen LogP contribution >= 0.6 is 0 Å². The molecule has 5 heteroatoms. The Bertz CT molecular complexity index is 712. The van der Waals surface area contributed by atoms with E-state index in [1.54, 1.807) is 6.26 Å². The van der Waals surface area contributed by atoms with Gasteiger partial charge in [0.05, 0.1) is 17.7 Å². The number of fused-ring (bicyclic) bond motifs is 1. The number of aromatic nitrogens is 1. The van der Waals surface area contributed by atoms with Gasteiger partial charge < -0.3 is 15.1 Å².